The summed E-state index contributed by atoms with van der Waals surface area (Å²) in [5.41, 5.74) is 3.97. The molecular weight excluding hydrogens is 366 g/mol. The van der Waals surface area contributed by atoms with Crippen molar-refractivity contribution in [1.29, 1.82) is 0 Å². The van der Waals surface area contributed by atoms with Gasteiger partial charge >= 0.3 is 0 Å². The van der Waals surface area contributed by atoms with Crippen LogP contribution in [-0.2, 0) is 35.5 Å². The van der Waals surface area contributed by atoms with Crippen LogP contribution < -0.4 is 16.0 Å². The van der Waals surface area contributed by atoms with E-state index in [1.165, 1.54) is 5.69 Å². The average molecular weight is 390 g/mol. The van der Waals surface area contributed by atoms with Crippen LogP contribution >= 0.6 is 12.4 Å². The van der Waals surface area contributed by atoms with Crippen molar-refractivity contribution in [2.24, 2.45) is 0 Å². The molecule has 1 aromatic heterocycles. The van der Waals surface area contributed by atoms with Crippen molar-refractivity contribution in [3.63, 3.8) is 0 Å². The summed E-state index contributed by atoms with van der Waals surface area (Å²) in [6.07, 6.45) is 2.50. The van der Waals surface area contributed by atoms with Gasteiger partial charge < -0.3 is 16.0 Å². The van der Waals surface area contributed by atoms with Crippen LogP contribution in [0.3, 0.4) is 0 Å². The van der Waals surface area contributed by atoms with Gasteiger partial charge in [0.1, 0.15) is 6.04 Å². The summed E-state index contributed by atoms with van der Waals surface area (Å²) in [6, 6.07) is 9.23. The maximum Gasteiger partial charge on any atom is 0.247 e. The van der Waals surface area contributed by atoms with Gasteiger partial charge in [-0.15, -0.1) is 12.4 Å². The number of benzene rings is 1. The predicted molar refractivity (Wildman–Crippen MR) is 105 cm³/mol. The van der Waals surface area contributed by atoms with E-state index < -0.39 is 6.04 Å². The smallest absolute Gasteiger partial charge is 0.247 e. The van der Waals surface area contributed by atoms with Gasteiger partial charge in [-0.3, -0.25) is 14.3 Å². The van der Waals surface area contributed by atoms with Gasteiger partial charge in [-0.05, 0) is 30.7 Å². The molecule has 2 amide bonds. The van der Waals surface area contributed by atoms with Crippen LogP contribution in [0, 0.1) is 0 Å². The van der Waals surface area contributed by atoms with Crippen molar-refractivity contribution in [1.82, 2.24) is 20.4 Å². The number of carbonyl (C=O) groups excluding carboxylic acids is 2. The number of rotatable bonds is 4. The van der Waals surface area contributed by atoms with Crippen LogP contribution in [0.1, 0.15) is 29.8 Å². The molecule has 2 aliphatic rings. The van der Waals surface area contributed by atoms with Crippen molar-refractivity contribution in [3.8, 4) is 0 Å². The van der Waals surface area contributed by atoms with E-state index in [1.54, 1.807) is 0 Å². The van der Waals surface area contributed by atoms with E-state index >= 15 is 0 Å². The fourth-order valence-corrected chi connectivity index (χ4v) is 3.52. The summed E-state index contributed by atoms with van der Waals surface area (Å²) in [5, 5.41) is 13.7. The summed E-state index contributed by atoms with van der Waals surface area (Å²) < 4.78 is 2.03. The van der Waals surface area contributed by atoms with E-state index in [1.807, 2.05) is 28.9 Å². The van der Waals surface area contributed by atoms with Crippen LogP contribution in [0.15, 0.2) is 30.3 Å². The molecule has 3 heterocycles. The van der Waals surface area contributed by atoms with Crippen molar-refractivity contribution in [2.75, 3.05) is 11.9 Å². The van der Waals surface area contributed by atoms with Crippen LogP contribution in [0.4, 0.5) is 5.69 Å². The molecule has 0 unspecified atom stereocenters. The van der Waals surface area contributed by atoms with Gasteiger partial charge in [-0.2, -0.15) is 5.10 Å². The maximum atomic E-state index is 12.3. The summed E-state index contributed by atoms with van der Waals surface area (Å²) in [7, 11) is 0. The zero-order chi connectivity index (χ0) is 17.9. The summed E-state index contributed by atoms with van der Waals surface area (Å²) in [5.74, 6) is -0.275. The first-order chi connectivity index (χ1) is 12.7. The molecule has 0 radical (unpaired) electrons. The van der Waals surface area contributed by atoms with E-state index in [0.29, 0.717) is 19.3 Å². The summed E-state index contributed by atoms with van der Waals surface area (Å²) >= 11 is 0. The number of aryl methyl sites for hydroxylation is 2. The Morgan fingerprint density at radius 1 is 1.33 bits per heavy atom. The standard InChI is InChI=1S/C19H23N5O2.ClH/c25-18(7-6-14-11-15-12-20-8-3-9-24(15)23-14)21-17-10-13-4-1-2-5-16(13)22-19(17)26;/h1-2,4-5,11,17,20H,3,6-10,12H2,(H,21,25)(H,22,26);1H/t17-;/m0./s1. The highest BCUT2D eigenvalue weighted by Gasteiger charge is 2.27. The number of hydrogen-bond acceptors (Lipinski definition) is 4. The Balaban J connectivity index is 0.00000210. The number of aromatic nitrogens is 2. The fourth-order valence-electron chi connectivity index (χ4n) is 3.52. The lowest BCUT2D eigenvalue weighted by atomic mass is 9.99. The van der Waals surface area contributed by atoms with Crippen LogP contribution in [-0.4, -0.2) is 34.2 Å². The average Bonchev–Trinajstić information content (AvgIpc) is 2.90. The van der Waals surface area contributed by atoms with Crippen LogP contribution in [0.25, 0.3) is 0 Å². The second kappa shape index (κ2) is 8.54. The van der Waals surface area contributed by atoms with Gasteiger partial charge in [0.25, 0.3) is 0 Å². The van der Waals surface area contributed by atoms with E-state index in [2.05, 4.69) is 27.1 Å². The number of halogens is 1. The zero-order valence-electron chi connectivity index (χ0n) is 15.0. The van der Waals surface area contributed by atoms with Crippen molar-refractivity contribution < 1.29 is 9.59 Å². The molecule has 0 fully saturated rings. The Morgan fingerprint density at radius 3 is 3.07 bits per heavy atom. The monoisotopic (exact) mass is 389 g/mol. The summed E-state index contributed by atoms with van der Waals surface area (Å²) in [6.45, 7) is 2.74. The number of nitrogens with one attached hydrogen (secondary N) is 3. The zero-order valence-corrected chi connectivity index (χ0v) is 15.8. The Labute approximate surface area is 164 Å². The number of hydrogen-bond donors (Lipinski definition) is 3. The summed E-state index contributed by atoms with van der Waals surface area (Å²) in [4.78, 5) is 24.5. The maximum absolute atomic E-state index is 12.3. The quantitative estimate of drug-likeness (QED) is 0.737. The molecule has 8 heteroatoms. The highest BCUT2D eigenvalue weighted by Crippen LogP contribution is 2.22. The second-order valence-electron chi connectivity index (χ2n) is 6.85. The van der Waals surface area contributed by atoms with Crippen LogP contribution in [0.5, 0.6) is 0 Å². The van der Waals surface area contributed by atoms with Gasteiger partial charge in [-0.1, -0.05) is 18.2 Å². The molecule has 1 aromatic carbocycles. The lowest BCUT2D eigenvalue weighted by molar-refractivity contribution is -0.126. The first kappa shape index (κ1) is 19.4. The number of anilines is 1. The SMILES string of the molecule is Cl.O=C(CCc1cc2n(n1)CCCNC2)N[C@H]1Cc2ccccc2NC1=O. The molecular formula is C19H24ClN5O2. The molecule has 4 rings (SSSR count). The fraction of sp³-hybridized carbons (Fsp3) is 0.421. The topological polar surface area (TPSA) is 88.1 Å². The van der Waals surface area contributed by atoms with E-state index in [-0.39, 0.29) is 24.2 Å². The minimum absolute atomic E-state index is 0. The van der Waals surface area contributed by atoms with Gasteiger partial charge in [0.2, 0.25) is 11.8 Å². The molecule has 0 saturated heterocycles. The Kier molecular flexibility index (Phi) is 6.13. The van der Waals surface area contributed by atoms with Crippen LogP contribution in [0.2, 0.25) is 0 Å². The van der Waals surface area contributed by atoms with E-state index in [4.69, 9.17) is 0 Å². The van der Waals surface area contributed by atoms with Crippen molar-refractivity contribution in [2.45, 2.75) is 44.8 Å². The molecule has 0 saturated carbocycles. The van der Waals surface area contributed by atoms with Crippen molar-refractivity contribution >= 4 is 29.9 Å². The van der Waals surface area contributed by atoms with Gasteiger partial charge in [0.15, 0.2) is 0 Å². The normalized spacial score (nSPS) is 18.4. The molecule has 0 bridgehead atoms. The van der Waals surface area contributed by atoms with Crippen molar-refractivity contribution in [3.05, 3.63) is 47.3 Å². The molecule has 27 heavy (non-hydrogen) atoms. The van der Waals surface area contributed by atoms with Gasteiger partial charge in [0.05, 0.1) is 11.4 Å². The minimum Gasteiger partial charge on any atom is -0.344 e. The second-order valence-corrected chi connectivity index (χ2v) is 6.85. The molecule has 0 aliphatic carbocycles. The Bertz CT molecular complexity index is 812. The third-order valence-electron chi connectivity index (χ3n) is 4.90. The molecule has 144 valence electrons. The first-order valence-corrected chi connectivity index (χ1v) is 9.13. The number of nitrogens with zero attached hydrogens (tertiary/aromatic N) is 2. The first-order valence-electron chi connectivity index (χ1n) is 9.13. The third kappa shape index (κ3) is 4.48. The Morgan fingerprint density at radius 2 is 2.19 bits per heavy atom. The highest BCUT2D eigenvalue weighted by atomic mass is 35.5. The minimum atomic E-state index is -0.514. The number of amides is 2. The molecule has 0 spiro atoms. The Hall–Kier alpha value is -2.38. The number of para-hydroxylation sites is 1. The third-order valence-corrected chi connectivity index (χ3v) is 4.90. The molecule has 3 N–H and O–H groups in total. The lowest BCUT2D eigenvalue weighted by Crippen LogP contribution is -2.47. The molecule has 7 nitrogen and oxygen atoms in total. The highest BCUT2D eigenvalue weighted by molar-refractivity contribution is 6.00. The number of fused-ring (bicyclic) bond motifs is 2. The van der Waals surface area contributed by atoms with E-state index in [9.17, 15) is 9.59 Å². The van der Waals surface area contributed by atoms with Gasteiger partial charge in [-0.25, -0.2) is 0 Å². The largest absolute Gasteiger partial charge is 0.344 e. The van der Waals surface area contributed by atoms with Gasteiger partial charge in [0, 0.05) is 38.0 Å². The molecule has 2 aliphatic heterocycles. The predicted octanol–water partition coefficient (Wildman–Crippen LogP) is 1.41. The molecule has 1 atom stereocenters. The molecule has 2 aromatic rings. The van der Waals surface area contributed by atoms with E-state index in [0.717, 1.165) is 43.0 Å². The lowest BCUT2D eigenvalue weighted by Gasteiger charge is -2.25. The number of carbonyl (C=O) groups is 2.